The fourth-order valence-corrected chi connectivity index (χ4v) is 2.54. The molecule has 0 saturated heterocycles. The lowest BCUT2D eigenvalue weighted by Gasteiger charge is -2.26. The Kier molecular flexibility index (Phi) is 6.11. The van der Waals surface area contributed by atoms with Gasteiger partial charge in [-0.2, -0.15) is 0 Å². The molecule has 0 aliphatic carbocycles. The number of benzene rings is 1. The van der Waals surface area contributed by atoms with Crippen molar-refractivity contribution in [3.8, 4) is 5.75 Å². The predicted molar refractivity (Wildman–Crippen MR) is 79.8 cm³/mol. The highest BCUT2D eigenvalue weighted by atomic mass is 35.5. The first kappa shape index (κ1) is 16.3. The molecule has 1 aromatic carbocycles. The van der Waals surface area contributed by atoms with Crippen LogP contribution in [0.5, 0.6) is 5.75 Å². The van der Waals surface area contributed by atoms with Crippen LogP contribution in [0, 0.1) is 5.92 Å². The molecule has 0 heterocycles. The van der Waals surface area contributed by atoms with Crippen LogP contribution in [0.2, 0.25) is 5.02 Å². The molecule has 0 amide bonds. The molecule has 0 aliphatic rings. The molecule has 0 saturated carbocycles. The van der Waals surface area contributed by atoms with Crippen LogP contribution >= 0.6 is 11.6 Å². The Bertz CT molecular complexity index is 405. The van der Waals surface area contributed by atoms with Crippen LogP contribution in [0.1, 0.15) is 32.8 Å². The summed E-state index contributed by atoms with van der Waals surface area (Å²) in [5.41, 5.74) is 0.217. The van der Waals surface area contributed by atoms with Gasteiger partial charge in [0.2, 0.25) is 0 Å². The van der Waals surface area contributed by atoms with Gasteiger partial charge in [0.25, 0.3) is 0 Å². The van der Waals surface area contributed by atoms with Gasteiger partial charge < -0.3 is 15.2 Å². The lowest BCUT2D eigenvalue weighted by molar-refractivity contribution is 0.0383. The van der Waals surface area contributed by atoms with Crippen molar-refractivity contribution in [2.45, 2.75) is 39.3 Å². The topological polar surface area (TPSA) is 41.5 Å². The Balaban J connectivity index is 2.58. The van der Waals surface area contributed by atoms with E-state index in [9.17, 15) is 5.11 Å². The van der Waals surface area contributed by atoms with Gasteiger partial charge in [-0.1, -0.05) is 31.5 Å². The Morgan fingerprint density at radius 3 is 2.68 bits per heavy atom. The minimum Gasteiger partial charge on any atom is -0.496 e. The minimum atomic E-state index is -0.706. The van der Waals surface area contributed by atoms with Gasteiger partial charge in [-0.05, 0) is 31.4 Å². The van der Waals surface area contributed by atoms with Gasteiger partial charge in [0.05, 0.1) is 12.7 Å². The van der Waals surface area contributed by atoms with Gasteiger partial charge in [-0.3, -0.25) is 0 Å². The molecule has 19 heavy (non-hydrogen) atoms. The number of hydrogen-bond donors (Lipinski definition) is 2. The number of halogens is 1. The second kappa shape index (κ2) is 7.13. The Morgan fingerprint density at radius 1 is 1.42 bits per heavy atom. The molecule has 1 rings (SSSR count). The molecular formula is C15H24ClNO2. The summed E-state index contributed by atoms with van der Waals surface area (Å²) >= 11 is 6.16. The highest BCUT2D eigenvalue weighted by Gasteiger charge is 2.21. The van der Waals surface area contributed by atoms with E-state index >= 15 is 0 Å². The molecule has 4 heteroatoms. The number of hydrogen-bond acceptors (Lipinski definition) is 3. The fourth-order valence-electron chi connectivity index (χ4n) is 2.31. The highest BCUT2D eigenvalue weighted by molar-refractivity contribution is 6.31. The SMILES string of the molecule is COc1cccc(Cl)c1CNCC(C)(O)CC(C)C. The Labute approximate surface area is 120 Å². The maximum atomic E-state index is 10.2. The lowest BCUT2D eigenvalue weighted by Crippen LogP contribution is -2.38. The largest absolute Gasteiger partial charge is 0.496 e. The first-order chi connectivity index (χ1) is 8.85. The molecule has 0 fully saturated rings. The maximum Gasteiger partial charge on any atom is 0.124 e. The molecule has 2 N–H and O–H groups in total. The van der Waals surface area contributed by atoms with Crippen LogP contribution < -0.4 is 10.1 Å². The standard InChI is InChI=1S/C15H24ClNO2/c1-11(2)8-15(3,18)10-17-9-12-13(16)6-5-7-14(12)19-4/h5-7,11,17-18H,8-10H2,1-4H3. The summed E-state index contributed by atoms with van der Waals surface area (Å²) in [4.78, 5) is 0. The molecule has 3 nitrogen and oxygen atoms in total. The first-order valence-electron chi connectivity index (χ1n) is 6.60. The van der Waals surface area contributed by atoms with Crippen molar-refractivity contribution in [1.29, 1.82) is 0 Å². The quantitative estimate of drug-likeness (QED) is 0.808. The Morgan fingerprint density at radius 2 is 2.11 bits per heavy atom. The van der Waals surface area contributed by atoms with E-state index < -0.39 is 5.60 Å². The molecule has 108 valence electrons. The molecular weight excluding hydrogens is 262 g/mol. The average Bonchev–Trinajstić information content (AvgIpc) is 2.29. The van der Waals surface area contributed by atoms with Crippen molar-refractivity contribution in [2.24, 2.45) is 5.92 Å². The minimum absolute atomic E-state index is 0.464. The van der Waals surface area contributed by atoms with Crippen LogP contribution in [-0.2, 0) is 6.54 Å². The van der Waals surface area contributed by atoms with E-state index in [1.807, 2.05) is 25.1 Å². The van der Waals surface area contributed by atoms with Crippen LogP contribution in [0.25, 0.3) is 0 Å². The van der Waals surface area contributed by atoms with Crippen molar-refractivity contribution in [3.63, 3.8) is 0 Å². The lowest BCUT2D eigenvalue weighted by atomic mass is 9.94. The smallest absolute Gasteiger partial charge is 0.124 e. The van der Waals surface area contributed by atoms with E-state index in [1.165, 1.54) is 0 Å². The van der Waals surface area contributed by atoms with Crippen LogP contribution in [-0.4, -0.2) is 24.4 Å². The monoisotopic (exact) mass is 285 g/mol. The third-order valence-electron chi connectivity index (χ3n) is 2.95. The summed E-state index contributed by atoms with van der Waals surface area (Å²) in [6.07, 6.45) is 0.764. The van der Waals surface area contributed by atoms with Gasteiger partial charge >= 0.3 is 0 Å². The molecule has 0 aromatic heterocycles. The normalized spacial score (nSPS) is 14.5. The molecule has 0 aliphatic heterocycles. The predicted octanol–water partition coefficient (Wildman–Crippen LogP) is 3.24. The van der Waals surface area contributed by atoms with Crippen LogP contribution in [0.4, 0.5) is 0 Å². The molecule has 1 unspecified atom stereocenters. The van der Waals surface area contributed by atoms with Gasteiger partial charge in [-0.15, -0.1) is 0 Å². The number of rotatable bonds is 7. The summed E-state index contributed by atoms with van der Waals surface area (Å²) in [6.45, 7) is 7.16. The first-order valence-corrected chi connectivity index (χ1v) is 6.98. The van der Waals surface area contributed by atoms with Gasteiger partial charge in [0.1, 0.15) is 5.75 Å². The van der Waals surface area contributed by atoms with E-state index in [1.54, 1.807) is 7.11 Å². The average molecular weight is 286 g/mol. The number of ether oxygens (including phenoxy) is 1. The summed E-state index contributed by atoms with van der Waals surface area (Å²) in [7, 11) is 1.63. The molecule has 0 spiro atoms. The zero-order chi connectivity index (χ0) is 14.5. The van der Waals surface area contributed by atoms with Crippen molar-refractivity contribution >= 4 is 11.6 Å². The molecule has 1 atom stereocenters. The second-order valence-electron chi connectivity index (χ2n) is 5.62. The van der Waals surface area contributed by atoms with Crippen molar-refractivity contribution in [3.05, 3.63) is 28.8 Å². The zero-order valence-corrected chi connectivity index (χ0v) is 12.9. The van der Waals surface area contributed by atoms with Crippen molar-refractivity contribution in [2.75, 3.05) is 13.7 Å². The van der Waals surface area contributed by atoms with Gasteiger partial charge in [0.15, 0.2) is 0 Å². The van der Waals surface area contributed by atoms with Crippen molar-refractivity contribution < 1.29 is 9.84 Å². The number of methoxy groups -OCH3 is 1. The summed E-state index contributed by atoms with van der Waals surface area (Å²) in [5.74, 6) is 1.23. The van der Waals surface area contributed by atoms with E-state index in [0.29, 0.717) is 24.0 Å². The van der Waals surface area contributed by atoms with E-state index in [4.69, 9.17) is 16.3 Å². The van der Waals surface area contributed by atoms with E-state index in [-0.39, 0.29) is 0 Å². The number of nitrogens with one attached hydrogen (secondary N) is 1. The van der Waals surface area contributed by atoms with E-state index in [2.05, 4.69) is 19.2 Å². The Hall–Kier alpha value is -0.770. The summed E-state index contributed by atoms with van der Waals surface area (Å²) < 4.78 is 5.29. The summed E-state index contributed by atoms with van der Waals surface area (Å²) in [5, 5.41) is 14.2. The number of aliphatic hydroxyl groups is 1. The second-order valence-corrected chi connectivity index (χ2v) is 6.03. The maximum absolute atomic E-state index is 10.2. The zero-order valence-electron chi connectivity index (χ0n) is 12.2. The van der Waals surface area contributed by atoms with Gasteiger partial charge in [0, 0.05) is 23.7 Å². The summed E-state index contributed by atoms with van der Waals surface area (Å²) in [6, 6.07) is 5.59. The molecule has 0 radical (unpaired) electrons. The van der Waals surface area contributed by atoms with Crippen molar-refractivity contribution in [1.82, 2.24) is 5.32 Å². The molecule has 0 bridgehead atoms. The fraction of sp³-hybridized carbons (Fsp3) is 0.600. The third kappa shape index (κ3) is 5.39. The van der Waals surface area contributed by atoms with Crippen LogP contribution in [0.3, 0.4) is 0 Å². The van der Waals surface area contributed by atoms with E-state index in [0.717, 1.165) is 17.7 Å². The third-order valence-corrected chi connectivity index (χ3v) is 3.31. The van der Waals surface area contributed by atoms with Crippen LogP contribution in [0.15, 0.2) is 18.2 Å². The highest BCUT2D eigenvalue weighted by Crippen LogP contribution is 2.26. The van der Waals surface area contributed by atoms with Gasteiger partial charge in [-0.25, -0.2) is 0 Å². The molecule has 1 aromatic rings.